The second-order valence-electron chi connectivity index (χ2n) is 3.72. The Kier molecular flexibility index (Phi) is 5.38. The average molecular weight is 284 g/mol. The van der Waals surface area contributed by atoms with Gasteiger partial charge in [0.25, 0.3) is 0 Å². The van der Waals surface area contributed by atoms with Crippen molar-refractivity contribution in [2.24, 2.45) is 0 Å². The summed E-state index contributed by atoms with van der Waals surface area (Å²) < 4.78 is 9.05. The summed E-state index contributed by atoms with van der Waals surface area (Å²) in [6.45, 7) is 1.86. The molecule has 0 heterocycles. The molecule has 102 valence electrons. The summed E-state index contributed by atoms with van der Waals surface area (Å²) in [5.41, 5.74) is 1.46. The van der Waals surface area contributed by atoms with Gasteiger partial charge in [0.05, 0.1) is 20.3 Å². The van der Waals surface area contributed by atoms with Crippen LogP contribution in [0.25, 0.3) is 0 Å². The summed E-state index contributed by atoms with van der Waals surface area (Å²) in [5, 5.41) is 3.30. The lowest BCUT2D eigenvalue weighted by molar-refractivity contribution is -0.138. The number of rotatable bonds is 4. The summed E-state index contributed by atoms with van der Waals surface area (Å²) in [7, 11) is 2.44. The van der Waals surface area contributed by atoms with Crippen molar-refractivity contribution in [2.75, 3.05) is 19.5 Å². The Morgan fingerprint density at radius 2 is 1.89 bits per heavy atom. The van der Waals surface area contributed by atoms with Crippen LogP contribution in [0.2, 0.25) is 5.02 Å². The highest BCUT2D eigenvalue weighted by atomic mass is 35.5. The lowest BCUT2D eigenvalue weighted by Gasteiger charge is -2.10. The summed E-state index contributed by atoms with van der Waals surface area (Å²) in [6, 6.07) is 5.18. The molecule has 0 bridgehead atoms. The number of esters is 2. The van der Waals surface area contributed by atoms with E-state index >= 15 is 0 Å². The minimum atomic E-state index is -0.678. The van der Waals surface area contributed by atoms with Crippen molar-refractivity contribution in [1.82, 2.24) is 0 Å². The summed E-state index contributed by atoms with van der Waals surface area (Å²) in [6.07, 6.45) is 1.02. The van der Waals surface area contributed by atoms with E-state index in [-0.39, 0.29) is 5.70 Å². The lowest BCUT2D eigenvalue weighted by atomic mass is 10.2. The highest BCUT2D eigenvalue weighted by Gasteiger charge is 2.13. The van der Waals surface area contributed by atoms with Crippen molar-refractivity contribution in [1.29, 1.82) is 0 Å². The monoisotopic (exact) mass is 283 g/mol. The normalized spacial score (nSPS) is 10.8. The summed E-state index contributed by atoms with van der Waals surface area (Å²) in [5.74, 6) is -1.34. The van der Waals surface area contributed by atoms with E-state index in [0.717, 1.165) is 11.6 Å². The summed E-state index contributed by atoms with van der Waals surface area (Å²) in [4.78, 5) is 22.7. The first-order valence-corrected chi connectivity index (χ1v) is 5.76. The second-order valence-corrected chi connectivity index (χ2v) is 4.15. The molecule has 0 fully saturated rings. The third-order valence-electron chi connectivity index (χ3n) is 2.19. The fraction of sp³-hybridized carbons (Fsp3) is 0.231. The minimum absolute atomic E-state index is 0.0315. The molecule has 1 aromatic carbocycles. The number of carbonyl (C=O) groups is 2. The maximum Gasteiger partial charge on any atom is 0.354 e. The standard InChI is InChI=1S/C13H14ClNO4/c1-8-4-9(14)6-10(5-8)15-11(13(17)19-3)7-12(16)18-2/h4-7,15H,1-3H3/b11-7+. The van der Waals surface area contributed by atoms with E-state index in [0.29, 0.717) is 10.7 Å². The SMILES string of the molecule is COC(=O)/C=C(/Nc1cc(C)cc(Cl)c1)C(=O)OC. The molecular formula is C13H14ClNO4. The van der Waals surface area contributed by atoms with Crippen LogP contribution in [0.1, 0.15) is 5.56 Å². The molecule has 19 heavy (non-hydrogen) atoms. The van der Waals surface area contributed by atoms with E-state index in [1.807, 2.05) is 6.92 Å². The zero-order chi connectivity index (χ0) is 14.4. The molecule has 0 radical (unpaired) electrons. The summed E-state index contributed by atoms with van der Waals surface area (Å²) >= 11 is 5.91. The highest BCUT2D eigenvalue weighted by Crippen LogP contribution is 2.20. The molecular weight excluding hydrogens is 270 g/mol. The number of benzene rings is 1. The molecule has 5 nitrogen and oxygen atoms in total. The number of aryl methyl sites for hydroxylation is 1. The zero-order valence-electron chi connectivity index (χ0n) is 10.8. The van der Waals surface area contributed by atoms with Crippen LogP contribution in [-0.2, 0) is 19.1 Å². The van der Waals surface area contributed by atoms with Crippen LogP contribution < -0.4 is 5.32 Å². The fourth-order valence-electron chi connectivity index (χ4n) is 1.40. The third kappa shape index (κ3) is 4.63. The molecule has 0 unspecified atom stereocenters. The Balaban J connectivity index is 3.04. The van der Waals surface area contributed by atoms with E-state index < -0.39 is 11.9 Å². The Hall–Kier alpha value is -2.01. The Morgan fingerprint density at radius 1 is 1.21 bits per heavy atom. The van der Waals surface area contributed by atoms with Gasteiger partial charge in [-0.15, -0.1) is 0 Å². The Bertz CT molecular complexity index is 505. The van der Waals surface area contributed by atoms with Gasteiger partial charge in [0, 0.05) is 10.7 Å². The second kappa shape index (κ2) is 6.80. The van der Waals surface area contributed by atoms with Crippen LogP contribution in [0.4, 0.5) is 5.69 Å². The lowest BCUT2D eigenvalue weighted by Crippen LogP contribution is -2.15. The van der Waals surface area contributed by atoms with Crippen molar-refractivity contribution in [3.8, 4) is 0 Å². The van der Waals surface area contributed by atoms with E-state index in [1.54, 1.807) is 18.2 Å². The third-order valence-corrected chi connectivity index (χ3v) is 2.41. The van der Waals surface area contributed by atoms with Gasteiger partial charge in [-0.3, -0.25) is 0 Å². The van der Waals surface area contributed by atoms with Crippen LogP contribution in [0.15, 0.2) is 30.0 Å². The minimum Gasteiger partial charge on any atom is -0.466 e. The van der Waals surface area contributed by atoms with Crippen molar-refractivity contribution in [3.63, 3.8) is 0 Å². The van der Waals surface area contributed by atoms with Gasteiger partial charge in [0.15, 0.2) is 0 Å². The van der Waals surface area contributed by atoms with Crippen LogP contribution in [0.3, 0.4) is 0 Å². The van der Waals surface area contributed by atoms with E-state index in [1.165, 1.54) is 14.2 Å². The van der Waals surface area contributed by atoms with Gasteiger partial charge in [-0.1, -0.05) is 11.6 Å². The predicted molar refractivity (Wildman–Crippen MR) is 71.9 cm³/mol. The molecule has 1 rings (SSSR count). The molecule has 0 aromatic heterocycles. The van der Waals surface area contributed by atoms with Crippen LogP contribution >= 0.6 is 11.6 Å². The maximum absolute atomic E-state index is 11.5. The quantitative estimate of drug-likeness (QED) is 0.678. The van der Waals surface area contributed by atoms with Crippen molar-refractivity contribution in [2.45, 2.75) is 6.92 Å². The number of methoxy groups -OCH3 is 2. The number of hydrogen-bond donors (Lipinski definition) is 1. The highest BCUT2D eigenvalue weighted by molar-refractivity contribution is 6.31. The molecule has 1 aromatic rings. The number of anilines is 1. The molecule has 0 saturated carbocycles. The van der Waals surface area contributed by atoms with Gasteiger partial charge < -0.3 is 14.8 Å². The molecule has 0 saturated heterocycles. The number of carbonyl (C=O) groups excluding carboxylic acids is 2. The number of hydrogen-bond acceptors (Lipinski definition) is 5. The molecule has 0 aliphatic heterocycles. The number of ether oxygens (including phenoxy) is 2. The Labute approximate surface area is 116 Å². The fourth-order valence-corrected chi connectivity index (χ4v) is 1.69. The first-order chi connectivity index (χ1) is 8.96. The number of halogens is 1. The average Bonchev–Trinajstić information content (AvgIpc) is 2.35. The van der Waals surface area contributed by atoms with Gasteiger partial charge in [0.1, 0.15) is 5.70 Å². The van der Waals surface area contributed by atoms with E-state index in [2.05, 4.69) is 14.8 Å². The van der Waals surface area contributed by atoms with E-state index in [4.69, 9.17) is 11.6 Å². The molecule has 0 atom stereocenters. The molecule has 0 aliphatic rings. The topological polar surface area (TPSA) is 64.6 Å². The van der Waals surface area contributed by atoms with Crippen molar-refractivity contribution < 1.29 is 19.1 Å². The Morgan fingerprint density at radius 3 is 2.42 bits per heavy atom. The molecule has 0 amide bonds. The van der Waals surface area contributed by atoms with Crippen molar-refractivity contribution in [3.05, 3.63) is 40.6 Å². The predicted octanol–water partition coefficient (Wildman–Crippen LogP) is 2.29. The largest absolute Gasteiger partial charge is 0.466 e. The van der Waals surface area contributed by atoms with Gasteiger partial charge in [-0.2, -0.15) is 0 Å². The first kappa shape index (κ1) is 15.0. The van der Waals surface area contributed by atoms with Gasteiger partial charge in [0.2, 0.25) is 0 Å². The smallest absolute Gasteiger partial charge is 0.354 e. The maximum atomic E-state index is 11.5. The molecule has 0 aliphatic carbocycles. The number of nitrogens with one attached hydrogen (secondary N) is 1. The van der Waals surface area contributed by atoms with Gasteiger partial charge >= 0.3 is 11.9 Å². The zero-order valence-corrected chi connectivity index (χ0v) is 11.6. The first-order valence-electron chi connectivity index (χ1n) is 5.38. The van der Waals surface area contributed by atoms with E-state index in [9.17, 15) is 9.59 Å². The van der Waals surface area contributed by atoms with Crippen molar-refractivity contribution >= 4 is 29.2 Å². The van der Waals surface area contributed by atoms with Crippen LogP contribution in [-0.4, -0.2) is 26.2 Å². The van der Waals surface area contributed by atoms with Crippen LogP contribution in [0, 0.1) is 6.92 Å². The molecule has 6 heteroatoms. The molecule has 1 N–H and O–H groups in total. The van der Waals surface area contributed by atoms with Gasteiger partial charge in [-0.25, -0.2) is 9.59 Å². The van der Waals surface area contributed by atoms with Gasteiger partial charge in [-0.05, 0) is 30.7 Å². The van der Waals surface area contributed by atoms with Crippen LogP contribution in [0.5, 0.6) is 0 Å². The molecule has 0 spiro atoms.